The summed E-state index contributed by atoms with van der Waals surface area (Å²) in [7, 11) is 0. The highest BCUT2D eigenvalue weighted by Gasteiger charge is 2.43. The molecular formula is C22H27N3O3. The number of hydrogen-bond donors (Lipinski definition) is 0. The van der Waals surface area contributed by atoms with Crippen LogP contribution in [0.2, 0.25) is 0 Å². The number of benzene rings is 1. The average Bonchev–Trinajstić information content (AvgIpc) is 3.20. The smallest absolute Gasteiger partial charge is 0.410 e. The van der Waals surface area contributed by atoms with Crippen LogP contribution in [0.25, 0.3) is 0 Å². The molecule has 4 rings (SSSR count). The van der Waals surface area contributed by atoms with Crippen LogP contribution in [0.4, 0.5) is 4.79 Å². The number of ether oxygens (including phenoxy) is 1. The molecule has 3 heterocycles. The van der Waals surface area contributed by atoms with Crippen LogP contribution in [-0.4, -0.2) is 38.6 Å². The summed E-state index contributed by atoms with van der Waals surface area (Å²) in [5.74, 6) is 0.122. The molecule has 2 aliphatic rings. The molecule has 6 nitrogen and oxygen atoms in total. The maximum absolute atomic E-state index is 13.0. The van der Waals surface area contributed by atoms with Gasteiger partial charge in [-0.2, -0.15) is 5.10 Å². The van der Waals surface area contributed by atoms with E-state index in [9.17, 15) is 9.59 Å². The molecule has 2 bridgehead atoms. The third kappa shape index (κ3) is 3.81. The number of aromatic nitrogens is 2. The van der Waals surface area contributed by atoms with Crippen molar-refractivity contribution in [1.82, 2.24) is 14.7 Å². The molecule has 0 radical (unpaired) electrons. The van der Waals surface area contributed by atoms with Gasteiger partial charge in [-0.3, -0.25) is 9.48 Å². The fourth-order valence-electron chi connectivity index (χ4n) is 4.59. The Balaban J connectivity index is 1.41. The Bertz CT molecular complexity index is 819. The number of ketones is 1. The Morgan fingerprint density at radius 1 is 1.14 bits per heavy atom. The maximum Gasteiger partial charge on any atom is 0.410 e. The normalized spacial score (nSPS) is 24.0. The van der Waals surface area contributed by atoms with E-state index in [-0.39, 0.29) is 36.5 Å². The minimum atomic E-state index is -0.247. The second-order valence-electron chi connectivity index (χ2n) is 7.80. The highest BCUT2D eigenvalue weighted by molar-refractivity contribution is 5.97. The van der Waals surface area contributed by atoms with Gasteiger partial charge in [-0.1, -0.05) is 30.3 Å². The zero-order valence-corrected chi connectivity index (χ0v) is 16.3. The molecule has 2 atom stereocenters. The first-order valence-corrected chi connectivity index (χ1v) is 10.2. The lowest BCUT2D eigenvalue weighted by Gasteiger charge is -2.47. The number of hydrogen-bond acceptors (Lipinski definition) is 4. The van der Waals surface area contributed by atoms with Gasteiger partial charge in [0.25, 0.3) is 0 Å². The van der Waals surface area contributed by atoms with E-state index in [0.717, 1.165) is 31.4 Å². The average molecular weight is 381 g/mol. The number of carbonyl (C=O) groups excluding carboxylic acids is 2. The molecule has 2 aliphatic heterocycles. The molecule has 6 heteroatoms. The summed E-state index contributed by atoms with van der Waals surface area (Å²) in [6.07, 6.45) is 7.67. The predicted octanol–water partition coefficient (Wildman–Crippen LogP) is 4.06. The van der Waals surface area contributed by atoms with Crippen molar-refractivity contribution in [1.29, 1.82) is 0 Å². The van der Waals surface area contributed by atoms with Crippen molar-refractivity contribution in [2.45, 2.75) is 64.3 Å². The van der Waals surface area contributed by atoms with Crippen LogP contribution in [0.1, 0.15) is 54.9 Å². The number of fused-ring (bicyclic) bond motifs is 2. The van der Waals surface area contributed by atoms with E-state index < -0.39 is 0 Å². The highest BCUT2D eigenvalue weighted by Crippen LogP contribution is 2.38. The molecule has 148 valence electrons. The number of amides is 1. The van der Waals surface area contributed by atoms with Crippen LogP contribution < -0.4 is 0 Å². The molecule has 2 saturated heterocycles. The standard InChI is InChI=1S/C22H27N3O3/c1-2-24-14-18(13-23-24)21(26)17-11-19-9-6-10-20(12-17)25(19)22(27)28-15-16-7-4-3-5-8-16/h3-5,7-8,13-14,17,19-20H,2,6,9-12,15H2,1H3. The number of aryl methyl sites for hydroxylation is 1. The van der Waals surface area contributed by atoms with Crippen LogP contribution in [-0.2, 0) is 17.9 Å². The number of Topliss-reactive ketones (excluding diaryl/α,β-unsaturated/α-hetero) is 1. The van der Waals surface area contributed by atoms with E-state index in [4.69, 9.17) is 4.74 Å². The van der Waals surface area contributed by atoms with Gasteiger partial charge >= 0.3 is 6.09 Å². The molecule has 0 aliphatic carbocycles. The van der Waals surface area contributed by atoms with E-state index in [1.54, 1.807) is 10.9 Å². The summed E-state index contributed by atoms with van der Waals surface area (Å²) in [5.41, 5.74) is 1.67. The summed E-state index contributed by atoms with van der Waals surface area (Å²) in [4.78, 5) is 27.6. The first-order valence-electron chi connectivity index (χ1n) is 10.2. The van der Waals surface area contributed by atoms with Gasteiger partial charge in [0, 0.05) is 30.7 Å². The number of rotatable bonds is 5. The maximum atomic E-state index is 13.0. The third-order valence-corrected chi connectivity index (χ3v) is 6.00. The van der Waals surface area contributed by atoms with Gasteiger partial charge in [0.15, 0.2) is 5.78 Å². The quantitative estimate of drug-likeness (QED) is 0.733. The molecule has 1 aromatic carbocycles. The van der Waals surface area contributed by atoms with Crippen molar-refractivity contribution in [2.24, 2.45) is 5.92 Å². The van der Waals surface area contributed by atoms with E-state index in [2.05, 4.69) is 5.10 Å². The van der Waals surface area contributed by atoms with Crippen molar-refractivity contribution in [3.05, 3.63) is 53.9 Å². The molecule has 1 amide bonds. The predicted molar refractivity (Wildman–Crippen MR) is 105 cm³/mol. The molecule has 2 aromatic rings. The summed E-state index contributed by atoms with van der Waals surface area (Å²) < 4.78 is 7.37. The summed E-state index contributed by atoms with van der Waals surface area (Å²) in [5, 5.41) is 4.23. The molecule has 1 aromatic heterocycles. The largest absolute Gasteiger partial charge is 0.445 e. The number of nitrogens with zero attached hydrogens (tertiary/aromatic N) is 3. The molecule has 0 saturated carbocycles. The van der Waals surface area contributed by atoms with Gasteiger partial charge in [0.05, 0.1) is 11.8 Å². The SMILES string of the molecule is CCn1cc(C(=O)C2CC3CCCC(C2)N3C(=O)OCc2ccccc2)cn1. The summed E-state index contributed by atoms with van der Waals surface area (Å²) >= 11 is 0. The van der Waals surface area contributed by atoms with Gasteiger partial charge in [-0.05, 0) is 44.6 Å². The second-order valence-corrected chi connectivity index (χ2v) is 7.80. The van der Waals surface area contributed by atoms with Gasteiger partial charge in [-0.25, -0.2) is 4.79 Å². The van der Waals surface area contributed by atoms with E-state index in [1.165, 1.54) is 0 Å². The van der Waals surface area contributed by atoms with Gasteiger partial charge in [0.1, 0.15) is 6.61 Å². The fourth-order valence-corrected chi connectivity index (χ4v) is 4.59. The van der Waals surface area contributed by atoms with E-state index in [0.29, 0.717) is 18.4 Å². The zero-order valence-electron chi connectivity index (χ0n) is 16.3. The van der Waals surface area contributed by atoms with Crippen molar-refractivity contribution in [3.63, 3.8) is 0 Å². The van der Waals surface area contributed by atoms with Crippen LogP contribution in [0.3, 0.4) is 0 Å². The van der Waals surface area contributed by atoms with Crippen molar-refractivity contribution >= 4 is 11.9 Å². The fraction of sp³-hybridized carbons (Fsp3) is 0.500. The van der Waals surface area contributed by atoms with Gasteiger partial charge < -0.3 is 9.64 Å². The lowest BCUT2D eigenvalue weighted by atomic mass is 9.76. The van der Waals surface area contributed by atoms with Crippen molar-refractivity contribution in [3.8, 4) is 0 Å². The Morgan fingerprint density at radius 3 is 2.50 bits per heavy atom. The molecule has 2 fully saturated rings. The third-order valence-electron chi connectivity index (χ3n) is 6.00. The molecule has 0 spiro atoms. The summed E-state index contributed by atoms with van der Waals surface area (Å²) in [6.45, 7) is 3.05. The second kappa shape index (κ2) is 8.17. The van der Waals surface area contributed by atoms with E-state index in [1.807, 2.05) is 48.4 Å². The zero-order chi connectivity index (χ0) is 19.5. The van der Waals surface area contributed by atoms with Gasteiger partial charge in [0.2, 0.25) is 0 Å². The monoisotopic (exact) mass is 381 g/mol. The first-order chi connectivity index (χ1) is 13.7. The van der Waals surface area contributed by atoms with Crippen LogP contribution >= 0.6 is 0 Å². The van der Waals surface area contributed by atoms with Crippen LogP contribution in [0.15, 0.2) is 42.7 Å². The molecular weight excluding hydrogens is 354 g/mol. The molecule has 2 unspecified atom stereocenters. The Hall–Kier alpha value is -2.63. The molecule has 28 heavy (non-hydrogen) atoms. The highest BCUT2D eigenvalue weighted by atomic mass is 16.6. The lowest BCUT2D eigenvalue weighted by Crippen LogP contribution is -2.55. The Morgan fingerprint density at radius 2 is 1.86 bits per heavy atom. The Labute approximate surface area is 165 Å². The summed E-state index contributed by atoms with van der Waals surface area (Å²) in [6, 6.07) is 9.91. The first kappa shape index (κ1) is 18.7. The molecule has 0 N–H and O–H groups in total. The van der Waals surface area contributed by atoms with Crippen LogP contribution in [0, 0.1) is 5.92 Å². The van der Waals surface area contributed by atoms with Gasteiger partial charge in [-0.15, -0.1) is 0 Å². The van der Waals surface area contributed by atoms with Crippen molar-refractivity contribution < 1.29 is 14.3 Å². The minimum Gasteiger partial charge on any atom is -0.445 e. The minimum absolute atomic E-state index is 0.0389. The lowest BCUT2D eigenvalue weighted by molar-refractivity contribution is 0.00472. The van der Waals surface area contributed by atoms with E-state index >= 15 is 0 Å². The van der Waals surface area contributed by atoms with Crippen LogP contribution in [0.5, 0.6) is 0 Å². The van der Waals surface area contributed by atoms with Crippen molar-refractivity contribution in [2.75, 3.05) is 0 Å². The number of piperidine rings is 2. The Kier molecular flexibility index (Phi) is 5.46. The number of carbonyl (C=O) groups is 2. The topological polar surface area (TPSA) is 64.4 Å².